The number of aliphatic carboxylic acids is 1. The Morgan fingerprint density at radius 1 is 1.19 bits per heavy atom. The molecule has 1 amide bonds. The Bertz CT molecular complexity index is 1170. The Morgan fingerprint density at radius 2 is 1.78 bits per heavy atom. The van der Waals surface area contributed by atoms with Gasteiger partial charge in [0.15, 0.2) is 0 Å². The highest BCUT2D eigenvalue weighted by molar-refractivity contribution is 7.90. The van der Waals surface area contributed by atoms with E-state index in [0.29, 0.717) is 17.5 Å². The second kappa shape index (κ2) is 11.8. The van der Waals surface area contributed by atoms with Gasteiger partial charge in [0.1, 0.15) is 23.0 Å². The quantitative estimate of drug-likeness (QED) is 0.213. The number of hydrogen-bond donors (Lipinski definition) is 4. The zero-order valence-electron chi connectivity index (χ0n) is 22.6. The molecule has 1 aromatic carbocycles. The summed E-state index contributed by atoms with van der Waals surface area (Å²) in [6.45, 7) is 14.3. The summed E-state index contributed by atoms with van der Waals surface area (Å²) in [5, 5.41) is 11.7. The molecular weight excluding hydrogens is 524 g/mol. The molecule has 0 saturated carbocycles. The molecular formula is C24H39ClN4O7S. The van der Waals surface area contributed by atoms with Crippen LogP contribution in [-0.4, -0.2) is 55.3 Å². The fraction of sp³-hybridized carbons (Fsp3) is 0.625. The number of halogens is 1. The Hall–Kier alpha value is -2.73. The van der Waals surface area contributed by atoms with Crippen LogP contribution >= 0.6 is 12.4 Å². The van der Waals surface area contributed by atoms with Crippen molar-refractivity contribution in [1.29, 1.82) is 0 Å². The van der Waals surface area contributed by atoms with E-state index in [-0.39, 0.29) is 42.6 Å². The van der Waals surface area contributed by atoms with Gasteiger partial charge in [-0.15, -0.1) is 12.4 Å². The van der Waals surface area contributed by atoms with Crippen molar-refractivity contribution in [2.24, 2.45) is 10.7 Å². The lowest BCUT2D eigenvalue weighted by Crippen LogP contribution is -2.43. The average molecular weight is 563 g/mol. The third-order valence-corrected chi connectivity index (χ3v) is 7.35. The van der Waals surface area contributed by atoms with E-state index in [4.69, 9.17) is 15.2 Å². The lowest BCUT2D eigenvalue weighted by molar-refractivity contribution is -0.139. The van der Waals surface area contributed by atoms with Gasteiger partial charge in [-0.2, -0.15) is 0 Å². The molecule has 2 rings (SSSR count). The fourth-order valence-electron chi connectivity index (χ4n) is 4.07. The molecule has 5 N–H and O–H groups in total. The molecule has 37 heavy (non-hydrogen) atoms. The SMILES string of the molecule is Cc1c(C)c(S(=O)(=O)NC(N)=NCCC[C@H](NC(=O)OC(C)(C)C)C(=O)O)c(C)c2c1OC(C)(C)C2.Cl. The molecule has 11 nitrogen and oxygen atoms in total. The molecule has 0 spiro atoms. The van der Waals surface area contributed by atoms with Crippen molar-refractivity contribution in [3.63, 3.8) is 0 Å². The first-order valence-corrected chi connectivity index (χ1v) is 13.2. The first kappa shape index (κ1) is 32.3. The number of aliphatic imine (C=N–C) groups is 1. The van der Waals surface area contributed by atoms with Gasteiger partial charge in [-0.3, -0.25) is 4.99 Å². The van der Waals surface area contributed by atoms with Gasteiger partial charge in [0.25, 0.3) is 10.0 Å². The molecule has 1 atom stereocenters. The number of sulfonamides is 1. The van der Waals surface area contributed by atoms with Crippen molar-refractivity contribution < 1.29 is 32.6 Å². The third-order valence-electron chi connectivity index (χ3n) is 5.72. The number of hydrogen-bond acceptors (Lipinski definition) is 7. The summed E-state index contributed by atoms with van der Waals surface area (Å²) < 4.78 is 39.9. The molecule has 0 saturated heterocycles. The maximum Gasteiger partial charge on any atom is 0.408 e. The van der Waals surface area contributed by atoms with Crippen molar-refractivity contribution in [3.8, 4) is 5.75 Å². The fourth-order valence-corrected chi connectivity index (χ4v) is 5.60. The van der Waals surface area contributed by atoms with E-state index in [1.54, 1.807) is 34.6 Å². The predicted molar refractivity (Wildman–Crippen MR) is 143 cm³/mol. The number of ether oxygens (including phenoxy) is 2. The van der Waals surface area contributed by atoms with Crippen LogP contribution in [0.5, 0.6) is 5.75 Å². The molecule has 0 fully saturated rings. The summed E-state index contributed by atoms with van der Waals surface area (Å²) >= 11 is 0. The number of carboxylic acid groups (broad SMARTS) is 1. The zero-order chi connectivity index (χ0) is 27.6. The van der Waals surface area contributed by atoms with E-state index in [1.165, 1.54) is 0 Å². The standard InChI is InChI=1S/C24H38N4O7S.ClH/c1-13-14(2)19(15(3)16-12-24(7,8)34-18(13)16)36(32,33)28-21(25)26-11-9-10-17(20(29)30)27-22(31)35-23(4,5)6;/h17H,9-12H2,1-8H3,(H,27,31)(H,29,30)(H3,25,26,28);1H/t17-;/m0./s1. The number of nitrogens with one attached hydrogen (secondary N) is 2. The number of carbonyl (C=O) groups is 2. The van der Waals surface area contributed by atoms with Gasteiger partial charge in [-0.1, -0.05) is 0 Å². The number of amides is 1. The number of carboxylic acids is 1. The Labute approximate surface area is 225 Å². The number of rotatable bonds is 8. The molecule has 0 radical (unpaired) electrons. The summed E-state index contributed by atoms with van der Waals surface area (Å²) in [5.41, 5.74) is 7.45. The van der Waals surface area contributed by atoms with E-state index < -0.39 is 39.3 Å². The van der Waals surface area contributed by atoms with Crippen molar-refractivity contribution in [3.05, 3.63) is 22.3 Å². The lowest BCUT2D eigenvalue weighted by Gasteiger charge is -2.21. The van der Waals surface area contributed by atoms with Crippen molar-refractivity contribution >= 4 is 40.5 Å². The van der Waals surface area contributed by atoms with Crippen molar-refractivity contribution in [1.82, 2.24) is 10.0 Å². The summed E-state index contributed by atoms with van der Waals surface area (Å²) in [7, 11) is -4.03. The largest absolute Gasteiger partial charge is 0.487 e. The minimum atomic E-state index is -4.03. The number of fused-ring (bicyclic) bond motifs is 1. The Morgan fingerprint density at radius 3 is 2.32 bits per heavy atom. The predicted octanol–water partition coefficient (Wildman–Crippen LogP) is 3.10. The molecule has 1 aromatic rings. The van der Waals surface area contributed by atoms with E-state index in [2.05, 4.69) is 15.0 Å². The lowest BCUT2D eigenvalue weighted by atomic mass is 9.94. The second-order valence-electron chi connectivity index (χ2n) is 10.6. The van der Waals surface area contributed by atoms with Crippen LogP contribution in [0.15, 0.2) is 9.89 Å². The van der Waals surface area contributed by atoms with Crippen LogP contribution < -0.4 is 20.5 Å². The van der Waals surface area contributed by atoms with E-state index in [9.17, 15) is 23.1 Å². The highest BCUT2D eigenvalue weighted by atomic mass is 35.5. The molecule has 0 bridgehead atoms. The molecule has 13 heteroatoms. The van der Waals surface area contributed by atoms with Crippen LogP contribution in [0.1, 0.15) is 69.7 Å². The molecule has 0 aromatic heterocycles. The second-order valence-corrected chi connectivity index (χ2v) is 12.2. The topological polar surface area (TPSA) is 169 Å². The number of nitrogens with two attached hydrogens (primary N) is 1. The number of nitrogens with zero attached hydrogens (tertiary/aromatic N) is 1. The summed E-state index contributed by atoms with van der Waals surface area (Å²) in [4.78, 5) is 27.5. The maximum atomic E-state index is 13.2. The first-order chi connectivity index (χ1) is 16.3. The molecule has 1 aliphatic heterocycles. The highest BCUT2D eigenvalue weighted by Crippen LogP contribution is 2.43. The number of benzene rings is 1. The minimum Gasteiger partial charge on any atom is -0.487 e. The molecule has 0 aliphatic carbocycles. The van der Waals surface area contributed by atoms with Crippen LogP contribution in [0.25, 0.3) is 0 Å². The summed E-state index contributed by atoms with van der Waals surface area (Å²) in [5.74, 6) is -0.803. The smallest absolute Gasteiger partial charge is 0.408 e. The first-order valence-electron chi connectivity index (χ1n) is 11.7. The van der Waals surface area contributed by atoms with Gasteiger partial charge in [0.05, 0.1) is 4.90 Å². The van der Waals surface area contributed by atoms with Gasteiger partial charge in [0.2, 0.25) is 5.96 Å². The Balaban J connectivity index is 0.00000684. The normalized spacial score (nSPS) is 15.6. The van der Waals surface area contributed by atoms with Gasteiger partial charge in [-0.25, -0.2) is 22.7 Å². The van der Waals surface area contributed by atoms with Gasteiger partial charge in [0, 0.05) is 18.5 Å². The van der Waals surface area contributed by atoms with E-state index >= 15 is 0 Å². The van der Waals surface area contributed by atoms with Crippen LogP contribution in [0.2, 0.25) is 0 Å². The average Bonchev–Trinajstić information content (AvgIpc) is 3.02. The van der Waals surface area contributed by atoms with Crippen LogP contribution in [0.4, 0.5) is 4.79 Å². The van der Waals surface area contributed by atoms with Gasteiger partial charge >= 0.3 is 12.1 Å². The molecule has 0 unspecified atom stereocenters. The van der Waals surface area contributed by atoms with Crippen LogP contribution in [0, 0.1) is 20.8 Å². The molecule has 210 valence electrons. The number of carbonyl (C=O) groups excluding carboxylic acids is 1. The summed E-state index contributed by atoms with van der Waals surface area (Å²) in [6, 6.07) is -1.18. The van der Waals surface area contributed by atoms with Crippen LogP contribution in [0.3, 0.4) is 0 Å². The number of alkyl carbamates (subject to hydrolysis) is 1. The maximum absolute atomic E-state index is 13.2. The Kier molecular flexibility index (Phi) is 10.3. The highest BCUT2D eigenvalue weighted by Gasteiger charge is 2.36. The van der Waals surface area contributed by atoms with Crippen molar-refractivity contribution in [2.75, 3.05) is 6.54 Å². The van der Waals surface area contributed by atoms with Gasteiger partial charge < -0.3 is 25.6 Å². The summed E-state index contributed by atoms with van der Waals surface area (Å²) in [6.07, 6.45) is 0.0341. The minimum absolute atomic E-state index is 0. The third kappa shape index (κ3) is 8.39. The van der Waals surface area contributed by atoms with E-state index in [1.807, 2.05) is 20.8 Å². The zero-order valence-corrected chi connectivity index (χ0v) is 24.3. The number of guanidine groups is 1. The molecule has 1 aliphatic rings. The van der Waals surface area contributed by atoms with Gasteiger partial charge in [-0.05, 0) is 84.9 Å². The van der Waals surface area contributed by atoms with Crippen LogP contribution in [-0.2, 0) is 26.0 Å². The molecule has 1 heterocycles. The van der Waals surface area contributed by atoms with Crippen molar-refractivity contribution in [2.45, 2.75) is 96.8 Å². The monoisotopic (exact) mass is 562 g/mol. The van der Waals surface area contributed by atoms with E-state index in [0.717, 1.165) is 16.9 Å².